The number of aromatic nitrogens is 2. The molecular formula is C16H9ClF2N2. The molecule has 0 aliphatic rings. The molecule has 21 heavy (non-hydrogen) atoms. The van der Waals surface area contributed by atoms with Crippen molar-refractivity contribution < 1.29 is 8.78 Å². The standard InChI is InChI=1S/C16H9ClF2N2/c17-14-9-13(15-11(18)7-4-8-12(15)19)20-16(21-14)10-5-2-1-3-6-10/h1-9H. The van der Waals surface area contributed by atoms with Gasteiger partial charge in [-0.3, -0.25) is 0 Å². The average molecular weight is 303 g/mol. The van der Waals surface area contributed by atoms with E-state index in [9.17, 15) is 8.78 Å². The molecule has 1 heterocycles. The fraction of sp³-hybridized carbons (Fsp3) is 0. The van der Waals surface area contributed by atoms with E-state index in [1.165, 1.54) is 24.3 Å². The van der Waals surface area contributed by atoms with Gasteiger partial charge in [0, 0.05) is 11.6 Å². The van der Waals surface area contributed by atoms with Crippen LogP contribution in [-0.2, 0) is 0 Å². The molecule has 2 nitrogen and oxygen atoms in total. The van der Waals surface area contributed by atoms with Crippen molar-refractivity contribution in [1.82, 2.24) is 9.97 Å². The van der Waals surface area contributed by atoms with Crippen molar-refractivity contribution in [1.29, 1.82) is 0 Å². The summed E-state index contributed by atoms with van der Waals surface area (Å²) in [5.41, 5.74) is 0.626. The van der Waals surface area contributed by atoms with Gasteiger partial charge >= 0.3 is 0 Å². The summed E-state index contributed by atoms with van der Waals surface area (Å²) in [6.45, 7) is 0. The minimum atomic E-state index is -0.691. The van der Waals surface area contributed by atoms with E-state index >= 15 is 0 Å². The van der Waals surface area contributed by atoms with Gasteiger partial charge in [-0.25, -0.2) is 18.7 Å². The summed E-state index contributed by atoms with van der Waals surface area (Å²) in [5, 5.41) is 0.126. The van der Waals surface area contributed by atoms with Crippen LogP contribution in [0.1, 0.15) is 0 Å². The van der Waals surface area contributed by atoms with Crippen LogP contribution < -0.4 is 0 Å². The number of halogens is 3. The predicted molar refractivity (Wildman–Crippen MR) is 77.8 cm³/mol. The first-order chi connectivity index (χ1) is 10.1. The highest BCUT2D eigenvalue weighted by molar-refractivity contribution is 6.29. The van der Waals surface area contributed by atoms with E-state index in [2.05, 4.69) is 9.97 Å². The molecule has 0 spiro atoms. The fourth-order valence-corrected chi connectivity index (χ4v) is 2.19. The molecular weight excluding hydrogens is 294 g/mol. The van der Waals surface area contributed by atoms with Gasteiger partial charge in [0.05, 0.1) is 11.3 Å². The number of hydrogen-bond donors (Lipinski definition) is 0. The average Bonchev–Trinajstić information content (AvgIpc) is 2.47. The zero-order chi connectivity index (χ0) is 14.8. The van der Waals surface area contributed by atoms with Crippen LogP contribution in [0.5, 0.6) is 0 Å². The van der Waals surface area contributed by atoms with Gasteiger partial charge in [0.25, 0.3) is 0 Å². The molecule has 1 aromatic heterocycles. The molecule has 2 aromatic carbocycles. The Bertz CT molecular complexity index is 771. The first kappa shape index (κ1) is 13.6. The summed E-state index contributed by atoms with van der Waals surface area (Å²) in [6, 6.07) is 14.1. The van der Waals surface area contributed by atoms with Crippen LogP contribution >= 0.6 is 11.6 Å². The maximum absolute atomic E-state index is 13.9. The van der Waals surface area contributed by atoms with Crippen LogP contribution in [0.25, 0.3) is 22.6 Å². The third-order valence-corrected chi connectivity index (χ3v) is 3.14. The number of nitrogens with zero attached hydrogens (tertiary/aromatic N) is 2. The molecule has 0 atom stereocenters. The summed E-state index contributed by atoms with van der Waals surface area (Å²) in [4.78, 5) is 8.32. The first-order valence-electron chi connectivity index (χ1n) is 6.19. The highest BCUT2D eigenvalue weighted by Gasteiger charge is 2.15. The lowest BCUT2D eigenvalue weighted by Crippen LogP contribution is -1.97. The maximum atomic E-state index is 13.9. The van der Waals surface area contributed by atoms with Crippen molar-refractivity contribution in [3.8, 4) is 22.6 Å². The summed E-state index contributed by atoms with van der Waals surface area (Å²) in [7, 11) is 0. The summed E-state index contributed by atoms with van der Waals surface area (Å²) in [5.74, 6) is -1.06. The largest absolute Gasteiger partial charge is 0.228 e. The van der Waals surface area contributed by atoms with Crippen LogP contribution in [0.4, 0.5) is 8.78 Å². The quantitative estimate of drug-likeness (QED) is 0.639. The van der Waals surface area contributed by atoms with Crippen molar-refractivity contribution in [3.63, 3.8) is 0 Å². The van der Waals surface area contributed by atoms with E-state index in [-0.39, 0.29) is 16.4 Å². The van der Waals surface area contributed by atoms with Crippen LogP contribution in [0.3, 0.4) is 0 Å². The molecule has 0 saturated heterocycles. The Morgan fingerprint density at radius 1 is 0.810 bits per heavy atom. The highest BCUT2D eigenvalue weighted by atomic mass is 35.5. The SMILES string of the molecule is Fc1cccc(F)c1-c1cc(Cl)nc(-c2ccccc2)n1. The van der Waals surface area contributed by atoms with Crippen molar-refractivity contribution in [2.24, 2.45) is 0 Å². The van der Waals surface area contributed by atoms with E-state index in [1.54, 1.807) is 12.1 Å². The van der Waals surface area contributed by atoms with Crippen molar-refractivity contribution in [2.45, 2.75) is 0 Å². The molecule has 3 rings (SSSR count). The molecule has 0 fully saturated rings. The maximum Gasteiger partial charge on any atom is 0.161 e. The molecule has 104 valence electrons. The van der Waals surface area contributed by atoms with Gasteiger partial charge in [-0.15, -0.1) is 0 Å². The topological polar surface area (TPSA) is 25.8 Å². The molecule has 3 aromatic rings. The summed E-state index contributed by atoms with van der Waals surface area (Å²) < 4.78 is 27.7. The number of rotatable bonds is 2. The Morgan fingerprint density at radius 3 is 2.14 bits per heavy atom. The van der Waals surface area contributed by atoms with Crippen LogP contribution in [0.15, 0.2) is 54.6 Å². The Balaban J connectivity index is 2.19. The normalized spacial score (nSPS) is 10.6. The molecule has 0 bridgehead atoms. The van der Waals surface area contributed by atoms with E-state index in [0.29, 0.717) is 5.82 Å². The summed E-state index contributed by atoms with van der Waals surface area (Å²) >= 11 is 5.96. The zero-order valence-electron chi connectivity index (χ0n) is 10.7. The second-order valence-electron chi connectivity index (χ2n) is 4.36. The third-order valence-electron chi connectivity index (χ3n) is 2.95. The van der Waals surface area contributed by atoms with E-state index in [4.69, 9.17) is 11.6 Å². The third kappa shape index (κ3) is 2.76. The van der Waals surface area contributed by atoms with Crippen molar-refractivity contribution in [3.05, 3.63) is 71.4 Å². The molecule has 0 N–H and O–H groups in total. The number of hydrogen-bond acceptors (Lipinski definition) is 2. The smallest absolute Gasteiger partial charge is 0.161 e. The van der Waals surface area contributed by atoms with Crippen LogP contribution in [0, 0.1) is 11.6 Å². The van der Waals surface area contributed by atoms with E-state index in [0.717, 1.165) is 5.56 Å². The molecule has 0 amide bonds. The molecule has 0 radical (unpaired) electrons. The molecule has 0 aliphatic carbocycles. The van der Waals surface area contributed by atoms with Gasteiger partial charge in [0.15, 0.2) is 5.82 Å². The number of benzene rings is 2. The second-order valence-corrected chi connectivity index (χ2v) is 4.75. The van der Waals surface area contributed by atoms with Gasteiger partial charge < -0.3 is 0 Å². The van der Waals surface area contributed by atoms with Gasteiger partial charge in [0.2, 0.25) is 0 Å². The minimum absolute atomic E-state index is 0.115. The summed E-state index contributed by atoms with van der Waals surface area (Å²) in [6.07, 6.45) is 0. The van der Waals surface area contributed by atoms with Crippen molar-refractivity contribution in [2.75, 3.05) is 0 Å². The highest BCUT2D eigenvalue weighted by Crippen LogP contribution is 2.28. The van der Waals surface area contributed by atoms with Gasteiger partial charge in [-0.2, -0.15) is 0 Å². The minimum Gasteiger partial charge on any atom is -0.228 e. The fourth-order valence-electron chi connectivity index (χ4n) is 2.00. The van der Waals surface area contributed by atoms with E-state index in [1.807, 2.05) is 18.2 Å². The van der Waals surface area contributed by atoms with Crippen LogP contribution in [-0.4, -0.2) is 9.97 Å². The lowest BCUT2D eigenvalue weighted by molar-refractivity contribution is 0.588. The Morgan fingerprint density at radius 2 is 1.48 bits per heavy atom. The van der Waals surface area contributed by atoms with Gasteiger partial charge in [-0.05, 0) is 12.1 Å². The second kappa shape index (κ2) is 5.58. The Hall–Kier alpha value is -2.33. The monoisotopic (exact) mass is 302 g/mol. The van der Waals surface area contributed by atoms with Crippen molar-refractivity contribution >= 4 is 11.6 Å². The van der Waals surface area contributed by atoms with Crippen LogP contribution in [0.2, 0.25) is 5.15 Å². The molecule has 0 saturated carbocycles. The molecule has 0 aliphatic heterocycles. The Kier molecular flexibility index (Phi) is 3.62. The van der Waals surface area contributed by atoms with Gasteiger partial charge in [-0.1, -0.05) is 48.0 Å². The molecule has 5 heteroatoms. The lowest BCUT2D eigenvalue weighted by atomic mass is 10.1. The Labute approximate surface area is 125 Å². The lowest BCUT2D eigenvalue weighted by Gasteiger charge is -2.07. The van der Waals surface area contributed by atoms with E-state index < -0.39 is 11.6 Å². The zero-order valence-corrected chi connectivity index (χ0v) is 11.5. The van der Waals surface area contributed by atoms with Gasteiger partial charge in [0.1, 0.15) is 16.8 Å². The first-order valence-corrected chi connectivity index (χ1v) is 6.57. The predicted octanol–water partition coefficient (Wildman–Crippen LogP) is 4.74. The molecule has 0 unspecified atom stereocenters.